The zero-order valence-electron chi connectivity index (χ0n) is 13.1. The van der Waals surface area contributed by atoms with Crippen molar-refractivity contribution in [3.63, 3.8) is 0 Å². The molecule has 0 radical (unpaired) electrons. The Morgan fingerprint density at radius 1 is 1.21 bits per heavy atom. The third-order valence-corrected chi connectivity index (χ3v) is 5.13. The Balaban J connectivity index is 1.91. The summed E-state index contributed by atoms with van der Waals surface area (Å²) in [5, 5.41) is 1.37. The number of fused-ring (bicyclic) bond motifs is 1. The second-order valence-corrected chi connectivity index (χ2v) is 7.32. The Hall–Kier alpha value is -1.85. The Kier molecular flexibility index (Phi) is 5.53. The predicted octanol–water partition coefficient (Wildman–Crippen LogP) is 4.68. The number of aromatic nitrogens is 2. The normalized spacial score (nSPS) is 10.9. The van der Waals surface area contributed by atoms with Gasteiger partial charge in [-0.3, -0.25) is 9.36 Å². The van der Waals surface area contributed by atoms with Gasteiger partial charge in [-0.25, -0.2) is 4.98 Å². The van der Waals surface area contributed by atoms with Crippen molar-refractivity contribution in [2.75, 3.05) is 5.75 Å². The summed E-state index contributed by atoms with van der Waals surface area (Å²) in [5.41, 5.74) is 1.99. The predicted molar refractivity (Wildman–Crippen MR) is 105 cm³/mol. The molecule has 0 fully saturated rings. The van der Waals surface area contributed by atoms with E-state index in [0.717, 1.165) is 27.3 Å². The van der Waals surface area contributed by atoms with E-state index < -0.39 is 0 Å². The molecule has 122 valence electrons. The van der Waals surface area contributed by atoms with Crippen molar-refractivity contribution >= 4 is 38.6 Å². The molecule has 5 heteroatoms. The van der Waals surface area contributed by atoms with Crippen LogP contribution in [0, 0.1) is 0 Å². The van der Waals surface area contributed by atoms with Crippen LogP contribution < -0.4 is 5.56 Å². The standard InChI is InChI=1S/C19H17BrN2OS/c1-2-11-22-18(23)16-13-15(20)8-9-17(16)21-19(22)24-12-10-14-6-4-3-5-7-14/h2-9,13H,1,10-12H2. The molecule has 3 rings (SSSR count). The molecule has 0 amide bonds. The first kappa shape index (κ1) is 17.0. The van der Waals surface area contributed by atoms with Crippen molar-refractivity contribution in [3.05, 3.63) is 81.6 Å². The van der Waals surface area contributed by atoms with Crippen LogP contribution >= 0.6 is 27.7 Å². The van der Waals surface area contributed by atoms with Gasteiger partial charge in [0.1, 0.15) is 0 Å². The Morgan fingerprint density at radius 3 is 2.75 bits per heavy atom. The molecule has 1 aromatic heterocycles. The quantitative estimate of drug-likeness (QED) is 0.342. The van der Waals surface area contributed by atoms with E-state index in [-0.39, 0.29) is 5.56 Å². The Morgan fingerprint density at radius 2 is 2.00 bits per heavy atom. The fourth-order valence-electron chi connectivity index (χ4n) is 2.48. The van der Waals surface area contributed by atoms with Gasteiger partial charge < -0.3 is 0 Å². The van der Waals surface area contributed by atoms with E-state index in [0.29, 0.717) is 11.9 Å². The molecule has 0 saturated carbocycles. The molecule has 0 saturated heterocycles. The van der Waals surface area contributed by atoms with Gasteiger partial charge in [-0.15, -0.1) is 6.58 Å². The zero-order chi connectivity index (χ0) is 16.9. The number of allylic oxidation sites excluding steroid dienone is 1. The first-order valence-electron chi connectivity index (χ1n) is 7.67. The van der Waals surface area contributed by atoms with E-state index >= 15 is 0 Å². The van der Waals surface area contributed by atoms with Crippen molar-refractivity contribution in [2.45, 2.75) is 18.1 Å². The lowest BCUT2D eigenvalue weighted by Gasteiger charge is -2.11. The summed E-state index contributed by atoms with van der Waals surface area (Å²) in [7, 11) is 0. The van der Waals surface area contributed by atoms with Crippen LogP contribution in [0.5, 0.6) is 0 Å². The van der Waals surface area contributed by atoms with E-state index in [9.17, 15) is 4.79 Å². The number of halogens is 1. The second-order valence-electron chi connectivity index (χ2n) is 5.34. The lowest BCUT2D eigenvalue weighted by atomic mass is 10.2. The van der Waals surface area contributed by atoms with E-state index in [1.165, 1.54) is 5.56 Å². The molecule has 0 aliphatic rings. The Labute approximate surface area is 153 Å². The van der Waals surface area contributed by atoms with Gasteiger partial charge in [0, 0.05) is 16.8 Å². The fourth-order valence-corrected chi connectivity index (χ4v) is 3.84. The van der Waals surface area contributed by atoms with Crippen LogP contribution in [0.2, 0.25) is 0 Å². The van der Waals surface area contributed by atoms with Gasteiger partial charge in [-0.05, 0) is 30.2 Å². The summed E-state index contributed by atoms with van der Waals surface area (Å²) < 4.78 is 2.57. The molecular formula is C19H17BrN2OS. The molecule has 0 aliphatic carbocycles. The molecule has 2 aromatic carbocycles. The Bertz CT molecular complexity index is 922. The molecule has 0 N–H and O–H groups in total. The number of rotatable bonds is 6. The minimum atomic E-state index is -0.0246. The lowest BCUT2D eigenvalue weighted by Crippen LogP contribution is -2.23. The van der Waals surface area contributed by atoms with Gasteiger partial charge in [-0.2, -0.15) is 0 Å². The summed E-state index contributed by atoms with van der Waals surface area (Å²) in [6, 6.07) is 15.9. The highest BCUT2D eigenvalue weighted by Gasteiger charge is 2.11. The SMILES string of the molecule is C=CCn1c(SCCc2ccccc2)nc2ccc(Br)cc2c1=O. The number of aryl methyl sites for hydroxylation is 1. The molecule has 0 aliphatic heterocycles. The highest BCUT2D eigenvalue weighted by Crippen LogP contribution is 2.21. The van der Waals surface area contributed by atoms with Gasteiger partial charge in [0.25, 0.3) is 5.56 Å². The second kappa shape index (κ2) is 7.81. The minimum Gasteiger partial charge on any atom is -0.283 e. The van der Waals surface area contributed by atoms with Crippen molar-refractivity contribution in [1.82, 2.24) is 9.55 Å². The average Bonchev–Trinajstić information content (AvgIpc) is 2.60. The van der Waals surface area contributed by atoms with Crippen LogP contribution in [0.3, 0.4) is 0 Å². The third kappa shape index (κ3) is 3.79. The molecule has 0 spiro atoms. The van der Waals surface area contributed by atoms with E-state index in [1.54, 1.807) is 22.4 Å². The molecule has 3 nitrogen and oxygen atoms in total. The first-order chi connectivity index (χ1) is 11.7. The van der Waals surface area contributed by atoms with E-state index in [2.05, 4.69) is 39.6 Å². The highest BCUT2D eigenvalue weighted by atomic mass is 79.9. The minimum absolute atomic E-state index is 0.0246. The summed E-state index contributed by atoms with van der Waals surface area (Å²) in [4.78, 5) is 17.4. The monoisotopic (exact) mass is 400 g/mol. The lowest BCUT2D eigenvalue weighted by molar-refractivity contribution is 0.671. The molecule has 0 atom stereocenters. The van der Waals surface area contributed by atoms with Crippen molar-refractivity contribution in [3.8, 4) is 0 Å². The van der Waals surface area contributed by atoms with Crippen LogP contribution in [0.1, 0.15) is 5.56 Å². The third-order valence-electron chi connectivity index (χ3n) is 3.66. The van der Waals surface area contributed by atoms with E-state index in [1.807, 2.05) is 36.4 Å². The van der Waals surface area contributed by atoms with Crippen LogP contribution in [0.15, 0.2) is 75.6 Å². The van der Waals surface area contributed by atoms with Crippen LogP contribution in [0.25, 0.3) is 10.9 Å². The van der Waals surface area contributed by atoms with Crippen LogP contribution in [-0.4, -0.2) is 15.3 Å². The van der Waals surface area contributed by atoms with Gasteiger partial charge in [0.2, 0.25) is 0 Å². The topological polar surface area (TPSA) is 34.9 Å². The molecule has 1 heterocycles. The largest absolute Gasteiger partial charge is 0.283 e. The number of thioether (sulfide) groups is 1. The summed E-state index contributed by atoms with van der Waals surface area (Å²) in [6.45, 7) is 4.22. The summed E-state index contributed by atoms with van der Waals surface area (Å²) in [5.74, 6) is 0.871. The first-order valence-corrected chi connectivity index (χ1v) is 9.44. The number of hydrogen-bond donors (Lipinski definition) is 0. The fraction of sp³-hybridized carbons (Fsp3) is 0.158. The van der Waals surface area contributed by atoms with Gasteiger partial charge in [-0.1, -0.05) is 64.1 Å². The number of nitrogens with zero attached hydrogens (tertiary/aromatic N) is 2. The van der Waals surface area contributed by atoms with Crippen molar-refractivity contribution < 1.29 is 0 Å². The van der Waals surface area contributed by atoms with Gasteiger partial charge >= 0.3 is 0 Å². The summed E-state index contributed by atoms with van der Waals surface area (Å²) >= 11 is 5.02. The van der Waals surface area contributed by atoms with Crippen LogP contribution in [0.4, 0.5) is 0 Å². The molecule has 24 heavy (non-hydrogen) atoms. The zero-order valence-corrected chi connectivity index (χ0v) is 15.5. The smallest absolute Gasteiger partial charge is 0.262 e. The highest BCUT2D eigenvalue weighted by molar-refractivity contribution is 9.10. The molecular weight excluding hydrogens is 384 g/mol. The maximum absolute atomic E-state index is 12.8. The molecule has 0 unspecified atom stereocenters. The maximum Gasteiger partial charge on any atom is 0.262 e. The summed E-state index contributed by atoms with van der Waals surface area (Å²) in [6.07, 6.45) is 2.67. The van der Waals surface area contributed by atoms with Crippen molar-refractivity contribution in [2.24, 2.45) is 0 Å². The molecule has 3 aromatic rings. The number of hydrogen-bond acceptors (Lipinski definition) is 3. The average molecular weight is 401 g/mol. The van der Waals surface area contributed by atoms with Gasteiger partial charge in [0.15, 0.2) is 5.16 Å². The van der Waals surface area contributed by atoms with Crippen LogP contribution in [-0.2, 0) is 13.0 Å². The van der Waals surface area contributed by atoms with Crippen molar-refractivity contribution in [1.29, 1.82) is 0 Å². The van der Waals surface area contributed by atoms with Gasteiger partial charge in [0.05, 0.1) is 10.9 Å². The maximum atomic E-state index is 12.8. The van der Waals surface area contributed by atoms with E-state index in [4.69, 9.17) is 0 Å². The molecule has 0 bridgehead atoms. The number of benzene rings is 2.